The molecule has 0 aromatic carbocycles. The Morgan fingerprint density at radius 2 is 2.15 bits per heavy atom. The largest absolute Gasteiger partial charge is 0.347 e. The molecule has 0 atom stereocenters. The molecular weight excluding hydrogens is 274 g/mol. The van der Waals surface area contributed by atoms with Crippen LogP contribution in [0.4, 0.5) is 0 Å². The highest BCUT2D eigenvalue weighted by Crippen LogP contribution is 2.23. The van der Waals surface area contributed by atoms with Crippen LogP contribution >= 0.6 is 11.6 Å². The first kappa shape index (κ1) is 15.3. The van der Waals surface area contributed by atoms with Gasteiger partial charge >= 0.3 is 0 Å². The van der Waals surface area contributed by atoms with Gasteiger partial charge in [0, 0.05) is 30.5 Å². The average molecular weight is 296 g/mol. The van der Waals surface area contributed by atoms with Crippen LogP contribution in [0.3, 0.4) is 0 Å². The second kappa shape index (κ2) is 6.10. The second-order valence-corrected chi connectivity index (χ2v) is 6.16. The summed E-state index contributed by atoms with van der Waals surface area (Å²) in [5.41, 5.74) is 1.16. The molecule has 1 aliphatic rings. The normalized spacial score (nSPS) is 18.8. The van der Waals surface area contributed by atoms with E-state index in [4.69, 9.17) is 11.6 Å². The van der Waals surface area contributed by atoms with Gasteiger partial charge in [0.05, 0.1) is 10.6 Å². The summed E-state index contributed by atoms with van der Waals surface area (Å²) in [4.78, 5) is 18.9. The van der Waals surface area contributed by atoms with Gasteiger partial charge in [0.2, 0.25) is 0 Å². The van der Waals surface area contributed by atoms with Crippen molar-refractivity contribution in [1.82, 2.24) is 15.2 Å². The molecule has 0 radical (unpaired) electrons. The van der Waals surface area contributed by atoms with Crippen molar-refractivity contribution in [2.24, 2.45) is 0 Å². The third-order valence-corrected chi connectivity index (χ3v) is 4.36. The lowest BCUT2D eigenvalue weighted by Gasteiger charge is -2.39. The quantitative estimate of drug-likeness (QED) is 0.932. The van der Waals surface area contributed by atoms with Crippen LogP contribution in [0.1, 0.15) is 42.7 Å². The van der Waals surface area contributed by atoms with Crippen LogP contribution in [-0.2, 0) is 0 Å². The molecule has 2 rings (SSSR count). The smallest absolute Gasteiger partial charge is 0.253 e. The number of halogens is 1. The minimum atomic E-state index is -0.150. The molecule has 4 nitrogen and oxygen atoms in total. The van der Waals surface area contributed by atoms with Crippen LogP contribution < -0.4 is 5.32 Å². The van der Waals surface area contributed by atoms with E-state index in [0.717, 1.165) is 38.2 Å². The molecule has 0 bridgehead atoms. The number of hydrogen-bond donors (Lipinski definition) is 1. The topological polar surface area (TPSA) is 45.2 Å². The first-order valence-corrected chi connectivity index (χ1v) is 7.48. The van der Waals surface area contributed by atoms with Gasteiger partial charge in [0.15, 0.2) is 0 Å². The van der Waals surface area contributed by atoms with Gasteiger partial charge in [-0.2, -0.15) is 0 Å². The number of pyridine rings is 1. The highest BCUT2D eigenvalue weighted by molar-refractivity contribution is 6.33. The third-order valence-electron chi connectivity index (χ3n) is 4.06. The Kier molecular flexibility index (Phi) is 4.66. The Labute approximate surface area is 125 Å². The van der Waals surface area contributed by atoms with Crippen molar-refractivity contribution in [2.75, 3.05) is 19.6 Å². The zero-order chi connectivity index (χ0) is 14.8. The molecule has 1 amide bonds. The van der Waals surface area contributed by atoms with Crippen LogP contribution in [-0.4, -0.2) is 41.0 Å². The highest BCUT2D eigenvalue weighted by atomic mass is 35.5. The van der Waals surface area contributed by atoms with Crippen LogP contribution in [0, 0.1) is 6.92 Å². The molecule has 1 aromatic heterocycles. The van der Waals surface area contributed by atoms with Gasteiger partial charge in [-0.1, -0.05) is 18.5 Å². The fraction of sp³-hybridized carbons (Fsp3) is 0.600. The Morgan fingerprint density at radius 3 is 2.75 bits per heavy atom. The van der Waals surface area contributed by atoms with Gasteiger partial charge in [0.1, 0.15) is 0 Å². The number of carbonyl (C=O) groups is 1. The van der Waals surface area contributed by atoms with Crippen LogP contribution in [0.2, 0.25) is 5.02 Å². The van der Waals surface area contributed by atoms with E-state index >= 15 is 0 Å². The number of likely N-dealkylation sites (tertiary alicyclic amines) is 1. The minimum Gasteiger partial charge on any atom is -0.347 e. The maximum absolute atomic E-state index is 12.4. The van der Waals surface area contributed by atoms with E-state index in [9.17, 15) is 4.79 Å². The summed E-state index contributed by atoms with van der Waals surface area (Å²) in [6, 6.07) is 1.74. The fourth-order valence-electron chi connectivity index (χ4n) is 2.55. The molecule has 110 valence electrons. The summed E-state index contributed by atoms with van der Waals surface area (Å²) in [7, 11) is 0. The summed E-state index contributed by atoms with van der Waals surface area (Å²) in [5, 5.41) is 3.55. The average Bonchev–Trinajstić information content (AvgIpc) is 2.42. The first-order chi connectivity index (χ1) is 9.43. The van der Waals surface area contributed by atoms with Crippen molar-refractivity contribution >= 4 is 17.5 Å². The number of aryl methyl sites for hydroxylation is 1. The number of nitrogens with zero attached hydrogens (tertiary/aromatic N) is 2. The summed E-state index contributed by atoms with van der Waals surface area (Å²) in [6.07, 6.45) is 3.47. The molecule has 0 aliphatic carbocycles. The predicted molar refractivity (Wildman–Crippen MR) is 81.2 cm³/mol. The lowest BCUT2D eigenvalue weighted by molar-refractivity contribution is 0.0839. The van der Waals surface area contributed by atoms with E-state index in [0.29, 0.717) is 10.6 Å². The minimum absolute atomic E-state index is 0.104. The van der Waals surface area contributed by atoms with E-state index in [2.05, 4.69) is 29.0 Å². The Morgan fingerprint density at radius 1 is 1.50 bits per heavy atom. The number of piperidine rings is 1. The maximum atomic E-state index is 12.4. The molecule has 0 unspecified atom stereocenters. The third kappa shape index (κ3) is 3.49. The molecular formula is C15H22ClN3O. The fourth-order valence-corrected chi connectivity index (χ4v) is 2.74. The van der Waals surface area contributed by atoms with Crippen molar-refractivity contribution < 1.29 is 4.79 Å². The van der Waals surface area contributed by atoms with Crippen molar-refractivity contribution in [3.8, 4) is 0 Å². The first-order valence-electron chi connectivity index (χ1n) is 7.10. The van der Waals surface area contributed by atoms with Gasteiger partial charge in [-0.25, -0.2) is 0 Å². The van der Waals surface area contributed by atoms with E-state index < -0.39 is 0 Å². The summed E-state index contributed by atoms with van der Waals surface area (Å²) >= 11 is 6.07. The number of carbonyl (C=O) groups excluding carboxylic acids is 1. The Bertz CT molecular complexity index is 496. The standard InChI is InChI=1S/C15H22ClN3O/c1-4-19-7-5-15(3,6-8-19)18-14(20)12-9-11(2)17-10-13(12)16/h9-10H,4-8H2,1-3H3,(H,18,20). The Hall–Kier alpha value is -1.13. The summed E-state index contributed by atoms with van der Waals surface area (Å²) < 4.78 is 0. The number of amides is 1. The molecule has 5 heteroatoms. The Balaban J connectivity index is 2.06. The molecule has 2 heterocycles. The van der Waals surface area contributed by atoms with E-state index in [-0.39, 0.29) is 11.4 Å². The summed E-state index contributed by atoms with van der Waals surface area (Å²) in [5.74, 6) is -0.104. The SMILES string of the molecule is CCN1CCC(C)(NC(=O)c2cc(C)ncc2Cl)CC1. The van der Waals surface area contributed by atoms with Crippen LogP contribution in [0.5, 0.6) is 0 Å². The monoisotopic (exact) mass is 295 g/mol. The number of rotatable bonds is 3. The van der Waals surface area contributed by atoms with Gasteiger partial charge in [-0.05, 0) is 39.3 Å². The summed E-state index contributed by atoms with van der Waals surface area (Å²) in [6.45, 7) is 9.25. The predicted octanol–water partition coefficient (Wildman–Crippen LogP) is 2.65. The van der Waals surface area contributed by atoms with E-state index in [1.165, 1.54) is 6.20 Å². The van der Waals surface area contributed by atoms with Gasteiger partial charge < -0.3 is 10.2 Å². The molecule has 1 fully saturated rings. The number of hydrogen-bond acceptors (Lipinski definition) is 3. The molecule has 1 N–H and O–H groups in total. The zero-order valence-electron chi connectivity index (χ0n) is 12.4. The van der Waals surface area contributed by atoms with Crippen LogP contribution in [0.15, 0.2) is 12.3 Å². The van der Waals surface area contributed by atoms with Crippen molar-refractivity contribution in [1.29, 1.82) is 0 Å². The molecule has 0 saturated carbocycles. The highest BCUT2D eigenvalue weighted by Gasteiger charge is 2.31. The molecule has 1 aliphatic heterocycles. The molecule has 1 saturated heterocycles. The maximum Gasteiger partial charge on any atom is 0.253 e. The number of nitrogens with one attached hydrogen (secondary N) is 1. The molecule has 0 spiro atoms. The van der Waals surface area contributed by atoms with Gasteiger partial charge in [0.25, 0.3) is 5.91 Å². The lowest BCUT2D eigenvalue weighted by atomic mass is 9.89. The van der Waals surface area contributed by atoms with Crippen molar-refractivity contribution in [3.63, 3.8) is 0 Å². The van der Waals surface area contributed by atoms with Crippen LogP contribution in [0.25, 0.3) is 0 Å². The van der Waals surface area contributed by atoms with E-state index in [1.807, 2.05) is 6.92 Å². The van der Waals surface area contributed by atoms with Gasteiger partial charge in [-0.3, -0.25) is 9.78 Å². The molecule has 1 aromatic rings. The zero-order valence-corrected chi connectivity index (χ0v) is 13.1. The lowest BCUT2D eigenvalue weighted by Crippen LogP contribution is -2.53. The number of aromatic nitrogens is 1. The van der Waals surface area contributed by atoms with E-state index in [1.54, 1.807) is 6.07 Å². The molecule has 20 heavy (non-hydrogen) atoms. The van der Waals surface area contributed by atoms with Crippen molar-refractivity contribution in [3.05, 3.63) is 28.5 Å². The van der Waals surface area contributed by atoms with Crippen molar-refractivity contribution in [2.45, 2.75) is 39.2 Å². The van der Waals surface area contributed by atoms with Gasteiger partial charge in [-0.15, -0.1) is 0 Å². The second-order valence-electron chi connectivity index (χ2n) is 5.75.